The van der Waals surface area contributed by atoms with Crippen molar-refractivity contribution in [1.82, 2.24) is 5.32 Å². The van der Waals surface area contributed by atoms with Crippen LogP contribution in [-0.4, -0.2) is 40.1 Å². The molecule has 3 atom stereocenters. The van der Waals surface area contributed by atoms with Crippen LogP contribution in [0.15, 0.2) is 0 Å². The second kappa shape index (κ2) is 6.85. The predicted molar refractivity (Wildman–Crippen MR) is 59.2 cm³/mol. The van der Waals surface area contributed by atoms with E-state index < -0.39 is 35.8 Å². The standard InChI is InChI=1S/C10H18N2O5/c1-5(6(2)11)9(15)12-7(10(16)17)3-4-8(13)14/h5-7H,3-4,11H2,1-2H3,(H,12,15)(H,13,14)(H,16,17). The van der Waals surface area contributed by atoms with Gasteiger partial charge < -0.3 is 21.3 Å². The van der Waals surface area contributed by atoms with Crippen molar-refractivity contribution in [2.24, 2.45) is 11.7 Å². The fourth-order valence-corrected chi connectivity index (χ4v) is 1.07. The zero-order valence-electron chi connectivity index (χ0n) is 9.84. The maximum absolute atomic E-state index is 11.5. The molecule has 5 N–H and O–H groups in total. The molecule has 0 radical (unpaired) electrons. The average molecular weight is 246 g/mol. The van der Waals surface area contributed by atoms with Gasteiger partial charge >= 0.3 is 11.9 Å². The Bertz CT molecular complexity index is 303. The van der Waals surface area contributed by atoms with E-state index >= 15 is 0 Å². The van der Waals surface area contributed by atoms with Crippen LogP contribution in [0.3, 0.4) is 0 Å². The summed E-state index contributed by atoms with van der Waals surface area (Å²) in [4.78, 5) is 32.7. The van der Waals surface area contributed by atoms with Crippen molar-refractivity contribution >= 4 is 17.8 Å². The van der Waals surface area contributed by atoms with Gasteiger partial charge in [-0.1, -0.05) is 6.92 Å². The van der Waals surface area contributed by atoms with E-state index in [-0.39, 0.29) is 12.8 Å². The zero-order valence-corrected chi connectivity index (χ0v) is 9.84. The summed E-state index contributed by atoms with van der Waals surface area (Å²) in [6.07, 6.45) is -0.466. The van der Waals surface area contributed by atoms with Crippen molar-refractivity contribution in [2.75, 3.05) is 0 Å². The molecule has 0 rings (SSSR count). The van der Waals surface area contributed by atoms with E-state index in [1.165, 1.54) is 0 Å². The minimum Gasteiger partial charge on any atom is -0.481 e. The molecule has 0 aliphatic heterocycles. The SMILES string of the molecule is CC(N)C(C)C(=O)NC(CCC(=O)O)C(=O)O. The first kappa shape index (κ1) is 15.4. The quantitative estimate of drug-likeness (QED) is 0.474. The van der Waals surface area contributed by atoms with Crippen LogP contribution in [0.4, 0.5) is 0 Å². The van der Waals surface area contributed by atoms with Crippen LogP contribution in [0.5, 0.6) is 0 Å². The molecule has 0 aliphatic rings. The molecule has 0 fully saturated rings. The van der Waals surface area contributed by atoms with Gasteiger partial charge in [0, 0.05) is 18.4 Å². The molecule has 0 aromatic carbocycles. The van der Waals surface area contributed by atoms with Crippen molar-refractivity contribution in [1.29, 1.82) is 0 Å². The van der Waals surface area contributed by atoms with E-state index in [1.807, 2.05) is 0 Å². The number of hydrogen-bond acceptors (Lipinski definition) is 4. The molecule has 0 bridgehead atoms. The minimum absolute atomic E-state index is 0.151. The number of hydrogen-bond donors (Lipinski definition) is 4. The second-order valence-corrected chi connectivity index (χ2v) is 3.98. The highest BCUT2D eigenvalue weighted by Crippen LogP contribution is 2.03. The largest absolute Gasteiger partial charge is 0.481 e. The van der Waals surface area contributed by atoms with E-state index in [2.05, 4.69) is 5.32 Å². The fourth-order valence-electron chi connectivity index (χ4n) is 1.07. The lowest BCUT2D eigenvalue weighted by atomic mass is 10.0. The first-order chi connectivity index (χ1) is 7.75. The van der Waals surface area contributed by atoms with Gasteiger partial charge in [0.25, 0.3) is 0 Å². The number of carboxylic acid groups (broad SMARTS) is 2. The van der Waals surface area contributed by atoms with E-state index in [1.54, 1.807) is 13.8 Å². The third kappa shape index (κ3) is 5.86. The average Bonchev–Trinajstić information content (AvgIpc) is 2.21. The maximum Gasteiger partial charge on any atom is 0.326 e. The Kier molecular flexibility index (Phi) is 6.19. The van der Waals surface area contributed by atoms with Crippen molar-refractivity contribution in [2.45, 2.75) is 38.8 Å². The molecule has 98 valence electrons. The molecule has 0 aliphatic carbocycles. The molecular formula is C10H18N2O5. The molecule has 7 heteroatoms. The van der Waals surface area contributed by atoms with Crippen molar-refractivity contribution in [3.8, 4) is 0 Å². The highest BCUT2D eigenvalue weighted by atomic mass is 16.4. The Morgan fingerprint density at radius 3 is 2.12 bits per heavy atom. The maximum atomic E-state index is 11.5. The number of nitrogens with two attached hydrogens (primary N) is 1. The van der Waals surface area contributed by atoms with Crippen LogP contribution >= 0.6 is 0 Å². The molecule has 0 spiro atoms. The lowest BCUT2D eigenvalue weighted by Gasteiger charge is -2.19. The first-order valence-electron chi connectivity index (χ1n) is 5.26. The number of amides is 1. The molecule has 3 unspecified atom stereocenters. The monoisotopic (exact) mass is 246 g/mol. The summed E-state index contributed by atoms with van der Waals surface area (Å²) in [5.74, 6) is -3.37. The summed E-state index contributed by atoms with van der Waals surface area (Å²) in [5.41, 5.74) is 5.51. The van der Waals surface area contributed by atoms with Crippen molar-refractivity contribution in [3.63, 3.8) is 0 Å². The number of rotatable bonds is 7. The molecule has 0 heterocycles. The minimum atomic E-state index is -1.25. The number of aliphatic carboxylic acids is 2. The smallest absolute Gasteiger partial charge is 0.326 e. The van der Waals surface area contributed by atoms with Gasteiger partial charge in [-0.25, -0.2) is 4.79 Å². The molecule has 0 saturated carbocycles. The third-order valence-corrected chi connectivity index (χ3v) is 2.46. The Morgan fingerprint density at radius 2 is 1.76 bits per heavy atom. The Labute approximate surface area is 99.0 Å². The number of carbonyl (C=O) groups is 3. The molecule has 7 nitrogen and oxygen atoms in total. The third-order valence-electron chi connectivity index (χ3n) is 2.46. The Morgan fingerprint density at radius 1 is 1.24 bits per heavy atom. The van der Waals surface area contributed by atoms with Gasteiger partial charge in [0.15, 0.2) is 0 Å². The van der Waals surface area contributed by atoms with Crippen LogP contribution in [0.2, 0.25) is 0 Å². The highest BCUT2D eigenvalue weighted by Gasteiger charge is 2.24. The number of carboxylic acids is 2. The molecule has 17 heavy (non-hydrogen) atoms. The van der Waals surface area contributed by atoms with Crippen LogP contribution in [0.1, 0.15) is 26.7 Å². The summed E-state index contributed by atoms with van der Waals surface area (Å²) < 4.78 is 0. The summed E-state index contributed by atoms with van der Waals surface area (Å²) in [5, 5.41) is 19.5. The Hall–Kier alpha value is -1.63. The van der Waals surface area contributed by atoms with E-state index in [0.717, 1.165) is 0 Å². The van der Waals surface area contributed by atoms with Crippen LogP contribution in [0, 0.1) is 5.92 Å². The molecule has 0 aromatic rings. The van der Waals surface area contributed by atoms with Crippen molar-refractivity contribution in [3.05, 3.63) is 0 Å². The van der Waals surface area contributed by atoms with Gasteiger partial charge in [-0.3, -0.25) is 9.59 Å². The summed E-state index contributed by atoms with van der Waals surface area (Å²) >= 11 is 0. The van der Waals surface area contributed by atoms with Gasteiger partial charge in [-0.15, -0.1) is 0 Å². The summed E-state index contributed by atoms with van der Waals surface area (Å²) in [6, 6.07) is -1.59. The van der Waals surface area contributed by atoms with Crippen LogP contribution < -0.4 is 11.1 Å². The van der Waals surface area contributed by atoms with Gasteiger partial charge in [0.1, 0.15) is 6.04 Å². The normalized spacial score (nSPS) is 15.7. The second-order valence-electron chi connectivity index (χ2n) is 3.98. The number of carbonyl (C=O) groups excluding carboxylic acids is 1. The molecule has 0 aromatic heterocycles. The van der Waals surface area contributed by atoms with Gasteiger partial charge in [0.05, 0.1) is 0 Å². The highest BCUT2D eigenvalue weighted by molar-refractivity contribution is 5.85. The van der Waals surface area contributed by atoms with E-state index in [4.69, 9.17) is 15.9 Å². The number of nitrogens with one attached hydrogen (secondary N) is 1. The van der Waals surface area contributed by atoms with Crippen LogP contribution in [0.25, 0.3) is 0 Å². The Balaban J connectivity index is 4.39. The van der Waals surface area contributed by atoms with E-state index in [0.29, 0.717) is 0 Å². The van der Waals surface area contributed by atoms with Gasteiger partial charge in [0.2, 0.25) is 5.91 Å². The summed E-state index contributed by atoms with van der Waals surface area (Å²) in [7, 11) is 0. The predicted octanol–water partition coefficient (Wildman–Crippen LogP) is -0.596. The molecular weight excluding hydrogens is 228 g/mol. The zero-order chi connectivity index (χ0) is 13.6. The van der Waals surface area contributed by atoms with Crippen molar-refractivity contribution < 1.29 is 24.6 Å². The van der Waals surface area contributed by atoms with E-state index in [9.17, 15) is 14.4 Å². The van der Waals surface area contributed by atoms with Crippen LogP contribution in [-0.2, 0) is 14.4 Å². The van der Waals surface area contributed by atoms with Gasteiger partial charge in [-0.05, 0) is 13.3 Å². The molecule has 1 amide bonds. The molecule has 0 saturated heterocycles. The fraction of sp³-hybridized carbons (Fsp3) is 0.700. The lowest BCUT2D eigenvalue weighted by Crippen LogP contribution is -2.46. The topological polar surface area (TPSA) is 130 Å². The lowest BCUT2D eigenvalue weighted by molar-refractivity contribution is -0.143. The first-order valence-corrected chi connectivity index (χ1v) is 5.26. The summed E-state index contributed by atoms with van der Waals surface area (Å²) in [6.45, 7) is 3.22. The van der Waals surface area contributed by atoms with Gasteiger partial charge in [-0.2, -0.15) is 0 Å².